The highest BCUT2D eigenvalue weighted by atomic mass is 16.7. The topological polar surface area (TPSA) is 85.4 Å². The van der Waals surface area contributed by atoms with Gasteiger partial charge in [-0.2, -0.15) is 0 Å². The van der Waals surface area contributed by atoms with E-state index in [1.807, 2.05) is 0 Å². The average Bonchev–Trinajstić information content (AvgIpc) is 2.01. The van der Waals surface area contributed by atoms with Gasteiger partial charge in [-0.05, 0) is 6.92 Å². The third kappa shape index (κ3) is 1.99. The fraction of sp³-hybridized carbons (Fsp3) is 0.667. The van der Waals surface area contributed by atoms with E-state index in [1.165, 1.54) is 21.1 Å². The number of ketones is 1. The molecule has 5 nitrogen and oxygen atoms in total. The summed E-state index contributed by atoms with van der Waals surface area (Å²) in [7, 11) is 2.62. The maximum atomic E-state index is 11.0. The predicted octanol–water partition coefficient (Wildman–Crippen LogP) is -0.500. The molecule has 0 aliphatic heterocycles. The van der Waals surface area contributed by atoms with E-state index in [0.29, 0.717) is 0 Å². The van der Waals surface area contributed by atoms with Crippen LogP contribution in [0.15, 0.2) is 0 Å². The number of methoxy groups -OCH3 is 2. The third-order valence-corrected chi connectivity index (χ3v) is 1.44. The lowest BCUT2D eigenvalue weighted by molar-refractivity contribution is -0.192. The Kier molecular flexibility index (Phi) is 3.16. The summed E-state index contributed by atoms with van der Waals surface area (Å²) in [5.74, 6) is -2.68. The van der Waals surface area contributed by atoms with Crippen molar-refractivity contribution in [1.29, 1.82) is 5.41 Å². The molecule has 0 amide bonds. The molecule has 0 bridgehead atoms. The molecule has 0 aromatic rings. The molecule has 0 atom stereocenters. The standard InChI is InChI=1S/C6H12N2O3/c1-6(10-2,11-3)4(9)5(7)8/h1-3H3,(H3,7,8). The number of carbonyl (C=O) groups excluding carboxylic acids is 1. The molecule has 0 rings (SSSR count). The Morgan fingerprint density at radius 3 is 1.91 bits per heavy atom. The van der Waals surface area contributed by atoms with Crippen LogP contribution in [0.25, 0.3) is 0 Å². The van der Waals surface area contributed by atoms with Gasteiger partial charge in [-0.25, -0.2) is 0 Å². The molecular weight excluding hydrogens is 148 g/mol. The minimum absolute atomic E-state index is 0.573. The first-order valence-corrected chi connectivity index (χ1v) is 2.97. The van der Waals surface area contributed by atoms with Gasteiger partial charge >= 0.3 is 0 Å². The highest BCUT2D eigenvalue weighted by Crippen LogP contribution is 2.10. The predicted molar refractivity (Wildman–Crippen MR) is 39.3 cm³/mol. The number of nitrogens with one attached hydrogen (secondary N) is 1. The van der Waals surface area contributed by atoms with Crippen LogP contribution < -0.4 is 5.73 Å². The lowest BCUT2D eigenvalue weighted by Gasteiger charge is -2.23. The zero-order chi connectivity index (χ0) is 9.07. The SMILES string of the molecule is COC(C)(OC)C(=O)C(=N)N. The van der Waals surface area contributed by atoms with Gasteiger partial charge in [0.15, 0.2) is 5.84 Å². The van der Waals surface area contributed by atoms with Gasteiger partial charge in [-0.15, -0.1) is 0 Å². The maximum absolute atomic E-state index is 11.0. The second-order valence-electron chi connectivity index (χ2n) is 2.10. The smallest absolute Gasteiger partial charge is 0.255 e. The molecule has 0 saturated carbocycles. The number of nitrogens with two attached hydrogens (primary N) is 1. The summed E-state index contributed by atoms with van der Waals surface area (Å²) in [6.07, 6.45) is 0. The number of hydrogen-bond acceptors (Lipinski definition) is 4. The van der Waals surface area contributed by atoms with Crippen molar-refractivity contribution < 1.29 is 14.3 Å². The zero-order valence-corrected chi connectivity index (χ0v) is 6.80. The minimum atomic E-state index is -1.42. The van der Waals surface area contributed by atoms with Gasteiger partial charge < -0.3 is 15.2 Å². The zero-order valence-electron chi connectivity index (χ0n) is 6.80. The molecule has 0 unspecified atom stereocenters. The Labute approximate surface area is 65.0 Å². The Morgan fingerprint density at radius 1 is 1.45 bits per heavy atom. The molecule has 64 valence electrons. The summed E-state index contributed by atoms with van der Waals surface area (Å²) in [6, 6.07) is 0. The van der Waals surface area contributed by atoms with E-state index in [-0.39, 0.29) is 0 Å². The highest BCUT2D eigenvalue weighted by Gasteiger charge is 2.34. The lowest BCUT2D eigenvalue weighted by Crippen LogP contribution is -2.46. The molecule has 0 spiro atoms. The number of carbonyl (C=O) groups is 1. The van der Waals surface area contributed by atoms with Crippen LogP contribution in [0.5, 0.6) is 0 Å². The van der Waals surface area contributed by atoms with Crippen molar-refractivity contribution >= 4 is 11.6 Å². The molecule has 3 N–H and O–H groups in total. The average molecular weight is 160 g/mol. The molecule has 0 aromatic carbocycles. The summed E-state index contributed by atoms with van der Waals surface area (Å²) < 4.78 is 9.43. The van der Waals surface area contributed by atoms with Gasteiger partial charge in [-0.1, -0.05) is 0 Å². The molecule has 0 radical (unpaired) electrons. The Hall–Kier alpha value is -0.940. The monoisotopic (exact) mass is 160 g/mol. The van der Waals surface area contributed by atoms with Crippen molar-refractivity contribution in [3.8, 4) is 0 Å². The largest absolute Gasteiger partial charge is 0.381 e. The second kappa shape index (κ2) is 3.45. The molecular formula is C6H12N2O3. The number of amidine groups is 1. The number of rotatable bonds is 4. The molecule has 11 heavy (non-hydrogen) atoms. The minimum Gasteiger partial charge on any atom is -0.381 e. The summed E-state index contributed by atoms with van der Waals surface area (Å²) >= 11 is 0. The van der Waals surface area contributed by atoms with Crippen molar-refractivity contribution in [2.24, 2.45) is 5.73 Å². The molecule has 0 aromatic heterocycles. The van der Waals surface area contributed by atoms with E-state index in [4.69, 9.17) is 20.6 Å². The van der Waals surface area contributed by atoms with Gasteiger partial charge in [-0.3, -0.25) is 10.2 Å². The number of Topliss-reactive ketones (excluding diaryl/α,β-unsaturated/α-hetero) is 1. The first-order chi connectivity index (χ1) is 4.98. The van der Waals surface area contributed by atoms with Crippen LogP contribution in [-0.4, -0.2) is 31.6 Å². The van der Waals surface area contributed by atoms with Crippen molar-refractivity contribution in [3.05, 3.63) is 0 Å². The molecule has 0 saturated heterocycles. The second-order valence-corrected chi connectivity index (χ2v) is 2.10. The van der Waals surface area contributed by atoms with Crippen LogP contribution in [0.1, 0.15) is 6.92 Å². The van der Waals surface area contributed by atoms with Crippen molar-refractivity contribution in [3.63, 3.8) is 0 Å². The quantitative estimate of drug-likeness (QED) is 0.330. The fourth-order valence-corrected chi connectivity index (χ4v) is 0.513. The van der Waals surface area contributed by atoms with Crippen LogP contribution in [-0.2, 0) is 14.3 Å². The van der Waals surface area contributed by atoms with Gasteiger partial charge in [0.05, 0.1) is 0 Å². The van der Waals surface area contributed by atoms with Crippen LogP contribution in [0, 0.1) is 5.41 Å². The third-order valence-electron chi connectivity index (χ3n) is 1.44. The highest BCUT2D eigenvalue weighted by molar-refractivity contribution is 6.39. The van der Waals surface area contributed by atoms with Crippen LogP contribution in [0.2, 0.25) is 0 Å². The Balaban J connectivity index is 4.50. The van der Waals surface area contributed by atoms with E-state index in [9.17, 15) is 4.79 Å². The Bertz CT molecular complexity index is 175. The molecule has 0 aliphatic carbocycles. The first kappa shape index (κ1) is 10.1. The van der Waals surface area contributed by atoms with E-state index in [0.717, 1.165) is 0 Å². The first-order valence-electron chi connectivity index (χ1n) is 2.97. The van der Waals surface area contributed by atoms with E-state index < -0.39 is 17.4 Å². The van der Waals surface area contributed by atoms with Crippen molar-refractivity contribution in [2.75, 3.05) is 14.2 Å². The normalized spacial score (nSPS) is 11.2. The van der Waals surface area contributed by atoms with Gasteiger partial charge in [0.25, 0.3) is 5.78 Å². The van der Waals surface area contributed by atoms with Crippen LogP contribution >= 0.6 is 0 Å². The maximum Gasteiger partial charge on any atom is 0.255 e. The van der Waals surface area contributed by atoms with Gasteiger partial charge in [0, 0.05) is 14.2 Å². The van der Waals surface area contributed by atoms with Gasteiger partial charge in [0.2, 0.25) is 5.79 Å². The lowest BCUT2D eigenvalue weighted by atomic mass is 10.2. The van der Waals surface area contributed by atoms with E-state index in [2.05, 4.69) is 0 Å². The molecule has 0 fully saturated rings. The van der Waals surface area contributed by atoms with Gasteiger partial charge in [0.1, 0.15) is 0 Å². The summed E-state index contributed by atoms with van der Waals surface area (Å²) in [5, 5.41) is 6.83. The molecule has 0 heterocycles. The summed E-state index contributed by atoms with van der Waals surface area (Å²) in [5.41, 5.74) is 4.95. The Morgan fingerprint density at radius 2 is 1.82 bits per heavy atom. The van der Waals surface area contributed by atoms with Crippen molar-refractivity contribution in [1.82, 2.24) is 0 Å². The number of hydrogen-bond donors (Lipinski definition) is 2. The number of ether oxygens (including phenoxy) is 2. The van der Waals surface area contributed by atoms with E-state index >= 15 is 0 Å². The van der Waals surface area contributed by atoms with Crippen LogP contribution in [0.3, 0.4) is 0 Å². The van der Waals surface area contributed by atoms with E-state index in [1.54, 1.807) is 0 Å². The van der Waals surface area contributed by atoms with Crippen molar-refractivity contribution in [2.45, 2.75) is 12.7 Å². The molecule has 5 heteroatoms. The summed E-state index contributed by atoms with van der Waals surface area (Å²) in [4.78, 5) is 11.0. The fourth-order valence-electron chi connectivity index (χ4n) is 0.513. The summed E-state index contributed by atoms with van der Waals surface area (Å²) in [6.45, 7) is 1.40. The van der Waals surface area contributed by atoms with Crippen LogP contribution in [0.4, 0.5) is 0 Å². The molecule has 0 aliphatic rings.